The van der Waals surface area contributed by atoms with Crippen LogP contribution in [0.15, 0.2) is 109 Å². The van der Waals surface area contributed by atoms with Gasteiger partial charge in [0.1, 0.15) is 0 Å². The molecule has 7 rings (SSSR count). The number of hydrogen-bond acceptors (Lipinski definition) is 1. The van der Waals surface area contributed by atoms with Crippen LogP contribution in [0.3, 0.4) is 0 Å². The van der Waals surface area contributed by atoms with Crippen LogP contribution in [0.5, 0.6) is 0 Å². The van der Waals surface area contributed by atoms with E-state index in [2.05, 4.69) is 114 Å². The van der Waals surface area contributed by atoms with Crippen LogP contribution >= 0.6 is 0 Å². The van der Waals surface area contributed by atoms with Gasteiger partial charge < -0.3 is 5.73 Å². The summed E-state index contributed by atoms with van der Waals surface area (Å²) in [5.74, 6) is 0. The monoisotopic (exact) mass is 535 g/mol. The minimum atomic E-state index is 0.132. The first-order valence-corrected chi connectivity index (χ1v) is 14.8. The first kappa shape index (κ1) is 27.1. The zero-order valence-corrected chi connectivity index (χ0v) is 25.3. The molecule has 5 aromatic carbocycles. The van der Waals surface area contributed by atoms with Gasteiger partial charge >= 0.3 is 0 Å². The number of benzene rings is 5. The van der Waals surface area contributed by atoms with Gasteiger partial charge in [-0.15, -0.1) is 0 Å². The van der Waals surface area contributed by atoms with E-state index in [0.29, 0.717) is 0 Å². The van der Waals surface area contributed by atoms with Gasteiger partial charge in [0.15, 0.2) is 0 Å². The summed E-state index contributed by atoms with van der Waals surface area (Å²) >= 11 is 0. The predicted octanol–water partition coefficient (Wildman–Crippen LogP) is 11.0. The van der Waals surface area contributed by atoms with Crippen LogP contribution < -0.4 is 5.73 Å². The molecule has 0 fully saturated rings. The lowest BCUT2D eigenvalue weighted by atomic mass is 9.64. The van der Waals surface area contributed by atoms with Crippen molar-refractivity contribution in [2.45, 2.75) is 59.8 Å². The minimum absolute atomic E-state index is 0.132. The third-order valence-corrected chi connectivity index (χ3v) is 8.79. The summed E-state index contributed by atoms with van der Waals surface area (Å²) in [5.41, 5.74) is 18.2. The fourth-order valence-corrected chi connectivity index (χ4v) is 6.90. The molecule has 0 heterocycles. The van der Waals surface area contributed by atoms with E-state index in [0.717, 1.165) is 12.1 Å². The van der Waals surface area contributed by atoms with Gasteiger partial charge in [-0.1, -0.05) is 130 Å². The van der Waals surface area contributed by atoms with Gasteiger partial charge in [0.2, 0.25) is 0 Å². The van der Waals surface area contributed by atoms with Crippen LogP contribution in [-0.4, -0.2) is 0 Å². The Balaban J connectivity index is 0.000000229. The zero-order chi connectivity index (χ0) is 28.9. The normalized spacial score (nSPS) is 16.6. The number of fused-ring (bicyclic) bond motifs is 5. The Morgan fingerprint density at radius 2 is 1.37 bits per heavy atom. The first-order chi connectivity index (χ1) is 19.5. The number of rotatable bonds is 1. The molecule has 0 unspecified atom stereocenters. The summed E-state index contributed by atoms with van der Waals surface area (Å²) in [6.45, 7) is 14.0. The summed E-state index contributed by atoms with van der Waals surface area (Å²) < 4.78 is 0. The highest BCUT2D eigenvalue weighted by molar-refractivity contribution is 6.03. The van der Waals surface area contributed by atoms with E-state index in [1.54, 1.807) is 5.57 Å². The van der Waals surface area contributed by atoms with E-state index in [9.17, 15) is 0 Å². The molecule has 1 nitrogen and oxygen atoms in total. The minimum Gasteiger partial charge on any atom is -0.399 e. The lowest BCUT2D eigenvalue weighted by Crippen LogP contribution is -2.28. The molecule has 0 spiro atoms. The summed E-state index contributed by atoms with van der Waals surface area (Å²) in [6.07, 6.45) is 7.12. The highest BCUT2D eigenvalue weighted by Crippen LogP contribution is 2.51. The van der Waals surface area contributed by atoms with Crippen LogP contribution in [0.25, 0.3) is 38.2 Å². The summed E-state index contributed by atoms with van der Waals surface area (Å²) in [4.78, 5) is 0. The van der Waals surface area contributed by atoms with Gasteiger partial charge in [-0.2, -0.15) is 0 Å². The third kappa shape index (κ3) is 5.22. The summed E-state index contributed by atoms with van der Waals surface area (Å²) in [7, 11) is 0. The lowest BCUT2D eigenvalue weighted by Gasteiger charge is -2.40. The average molecular weight is 536 g/mol. The van der Waals surface area contributed by atoms with Crippen molar-refractivity contribution < 1.29 is 0 Å². The molecule has 0 saturated heterocycles. The highest BCUT2D eigenvalue weighted by Gasteiger charge is 2.36. The zero-order valence-electron chi connectivity index (χ0n) is 25.3. The Hall–Kier alpha value is -4.10. The van der Waals surface area contributed by atoms with E-state index in [4.69, 9.17) is 5.73 Å². The maximum absolute atomic E-state index is 5.62. The molecule has 0 amide bonds. The number of nitrogens with two attached hydrogens (primary N) is 1. The molecule has 0 aromatic heterocycles. The SMILES string of the molecule is Cc1ccc(-c2cc(C)cc3c4c(ccc23)C2=C(CC(C)(C)C=C2)CC4(C)C)cc1.Nc1ccc2ccccc2c1. The van der Waals surface area contributed by atoms with Crippen LogP contribution in [0.4, 0.5) is 5.69 Å². The van der Waals surface area contributed by atoms with E-state index in [1.165, 1.54) is 66.9 Å². The Bertz CT molecular complexity index is 1840. The Morgan fingerprint density at radius 1 is 0.634 bits per heavy atom. The van der Waals surface area contributed by atoms with Gasteiger partial charge in [-0.25, -0.2) is 0 Å². The molecular weight excluding hydrogens is 494 g/mol. The Morgan fingerprint density at radius 3 is 2.12 bits per heavy atom. The maximum atomic E-state index is 5.62. The molecule has 0 bridgehead atoms. The molecule has 0 radical (unpaired) electrons. The number of allylic oxidation sites excluding steroid dienone is 4. The second kappa shape index (κ2) is 10.1. The summed E-state index contributed by atoms with van der Waals surface area (Å²) in [6, 6.07) is 32.6. The van der Waals surface area contributed by atoms with Crippen molar-refractivity contribution in [3.05, 3.63) is 131 Å². The molecule has 0 aliphatic heterocycles. The standard InChI is InChI=1S/C30H32.C10H9N/c1-19-7-9-21(10-8-19)26-15-20(2)16-27-24(26)11-12-25-23-13-14-29(3,4)17-22(23)18-30(5,6)28(25)27;11-10-6-5-8-3-1-2-4-9(8)7-10/h7-16H,17-18H2,1-6H3;1-7H,11H2. The van der Waals surface area contributed by atoms with E-state index in [1.807, 2.05) is 30.3 Å². The van der Waals surface area contributed by atoms with Crippen LogP contribution in [0, 0.1) is 19.3 Å². The molecule has 1 heteroatoms. The second-order valence-electron chi connectivity index (χ2n) is 13.4. The molecule has 2 aliphatic carbocycles. The van der Waals surface area contributed by atoms with Crippen molar-refractivity contribution >= 4 is 32.8 Å². The second-order valence-corrected chi connectivity index (χ2v) is 13.4. The Labute approximate surface area is 245 Å². The maximum Gasteiger partial charge on any atom is 0.0320 e. The lowest BCUT2D eigenvalue weighted by molar-refractivity contribution is 0.429. The van der Waals surface area contributed by atoms with E-state index in [-0.39, 0.29) is 10.8 Å². The summed E-state index contributed by atoms with van der Waals surface area (Å²) in [5, 5.41) is 5.24. The fraction of sp³-hybridized carbons (Fsp3) is 0.250. The fourth-order valence-electron chi connectivity index (χ4n) is 6.90. The largest absolute Gasteiger partial charge is 0.399 e. The van der Waals surface area contributed by atoms with Gasteiger partial charge in [0.05, 0.1) is 0 Å². The number of anilines is 1. The topological polar surface area (TPSA) is 26.0 Å². The smallest absolute Gasteiger partial charge is 0.0320 e. The first-order valence-electron chi connectivity index (χ1n) is 14.8. The highest BCUT2D eigenvalue weighted by atomic mass is 14.5. The van der Waals surface area contributed by atoms with Gasteiger partial charge in [0.25, 0.3) is 0 Å². The number of hydrogen-bond donors (Lipinski definition) is 1. The van der Waals surface area contributed by atoms with E-state index < -0.39 is 0 Å². The Kier molecular flexibility index (Phi) is 6.65. The average Bonchev–Trinajstić information content (AvgIpc) is 2.92. The van der Waals surface area contributed by atoms with Crippen molar-refractivity contribution in [2.24, 2.45) is 5.41 Å². The molecular formula is C40H41N. The van der Waals surface area contributed by atoms with Gasteiger partial charge in [-0.3, -0.25) is 0 Å². The van der Waals surface area contributed by atoms with E-state index >= 15 is 0 Å². The van der Waals surface area contributed by atoms with Crippen molar-refractivity contribution in [1.29, 1.82) is 0 Å². The van der Waals surface area contributed by atoms with Crippen LogP contribution in [0.1, 0.15) is 62.8 Å². The molecule has 0 saturated carbocycles. The molecule has 2 aliphatic rings. The third-order valence-electron chi connectivity index (χ3n) is 8.79. The van der Waals surface area contributed by atoms with Crippen molar-refractivity contribution in [2.75, 3.05) is 5.73 Å². The molecule has 206 valence electrons. The number of aryl methyl sites for hydroxylation is 2. The van der Waals surface area contributed by atoms with Crippen molar-refractivity contribution in [3.63, 3.8) is 0 Å². The number of nitrogen functional groups attached to an aromatic ring is 1. The molecule has 2 N–H and O–H groups in total. The van der Waals surface area contributed by atoms with Crippen LogP contribution in [0.2, 0.25) is 0 Å². The molecule has 0 atom stereocenters. The van der Waals surface area contributed by atoms with Crippen molar-refractivity contribution in [3.8, 4) is 11.1 Å². The van der Waals surface area contributed by atoms with Gasteiger partial charge in [-0.05, 0) is 105 Å². The van der Waals surface area contributed by atoms with Crippen LogP contribution in [-0.2, 0) is 5.41 Å². The molecule has 5 aromatic rings. The van der Waals surface area contributed by atoms with Crippen molar-refractivity contribution in [1.82, 2.24) is 0 Å². The molecule has 41 heavy (non-hydrogen) atoms. The van der Waals surface area contributed by atoms with Gasteiger partial charge in [0, 0.05) is 5.69 Å². The quantitative estimate of drug-likeness (QED) is 0.212. The predicted molar refractivity (Wildman–Crippen MR) is 179 cm³/mol.